The number of halogens is 2. The van der Waals surface area contributed by atoms with Crippen LogP contribution in [0.3, 0.4) is 0 Å². The van der Waals surface area contributed by atoms with Gasteiger partial charge in [0.25, 0.3) is 0 Å². The summed E-state index contributed by atoms with van der Waals surface area (Å²) in [4.78, 5) is 0. The second kappa shape index (κ2) is 3.77. The molecular weight excluding hydrogens is 244 g/mol. The summed E-state index contributed by atoms with van der Waals surface area (Å²) in [6, 6.07) is 0. The third-order valence-corrected chi connectivity index (χ3v) is 3.71. The van der Waals surface area contributed by atoms with Crippen LogP contribution >= 0.6 is 31.9 Å². The second-order valence-corrected chi connectivity index (χ2v) is 4.09. The van der Waals surface area contributed by atoms with E-state index in [0.29, 0.717) is 0 Å². The van der Waals surface area contributed by atoms with Crippen molar-refractivity contribution in [3.05, 3.63) is 15.4 Å². The molecule has 0 aromatic carbocycles. The predicted octanol–water partition coefficient (Wildman–Crippen LogP) is 3.77. The van der Waals surface area contributed by atoms with Gasteiger partial charge < -0.3 is 0 Å². The molecule has 0 saturated heterocycles. The molecule has 0 unspecified atom stereocenters. The average Bonchev–Trinajstić information content (AvgIpc) is 1.99. The number of hydrogen-bond donors (Lipinski definition) is 0. The van der Waals surface area contributed by atoms with E-state index in [1.54, 1.807) is 0 Å². The van der Waals surface area contributed by atoms with Gasteiger partial charge in [0.1, 0.15) is 0 Å². The lowest BCUT2D eigenvalue weighted by atomic mass is 10.2. The molecule has 0 bridgehead atoms. The molecule has 0 aliphatic heterocycles. The molecule has 2 heteroatoms. The summed E-state index contributed by atoms with van der Waals surface area (Å²) in [5.74, 6) is 0. The Kier molecular flexibility index (Phi) is 3.27. The largest absolute Gasteiger partial charge is 0.0548 e. The van der Waals surface area contributed by atoms with Crippen LogP contribution in [-0.4, -0.2) is 0 Å². The third-order valence-electron chi connectivity index (χ3n) is 1.43. The van der Waals surface area contributed by atoms with E-state index in [2.05, 4.69) is 38.3 Å². The fourth-order valence-corrected chi connectivity index (χ4v) is 1.73. The lowest BCUT2D eigenvalue weighted by molar-refractivity contribution is 0.888. The maximum Gasteiger partial charge on any atom is 0.00519 e. The molecule has 1 aliphatic carbocycles. The highest BCUT2D eigenvalue weighted by atomic mass is 79.9. The van der Waals surface area contributed by atoms with Crippen LogP contribution in [0.5, 0.6) is 0 Å². The summed E-state index contributed by atoms with van der Waals surface area (Å²) in [6.07, 6.45) is 7.11. The third kappa shape index (κ3) is 2.42. The molecule has 0 fully saturated rings. The minimum absolute atomic E-state index is 1.17. The summed E-state index contributed by atoms with van der Waals surface area (Å²) < 4.78 is 2.69. The van der Waals surface area contributed by atoms with E-state index in [1.165, 1.54) is 34.6 Å². The summed E-state index contributed by atoms with van der Waals surface area (Å²) >= 11 is 7.03. The Hall–Kier alpha value is 0.700. The first-order valence-electron chi connectivity index (χ1n) is 3.15. The first-order chi connectivity index (χ1) is 4.30. The summed E-state index contributed by atoms with van der Waals surface area (Å²) in [6.45, 7) is 0. The van der Waals surface area contributed by atoms with Crippen LogP contribution < -0.4 is 0 Å². The summed E-state index contributed by atoms with van der Waals surface area (Å²) in [5.41, 5.74) is 0. The van der Waals surface area contributed by atoms with E-state index in [4.69, 9.17) is 0 Å². The Balaban J connectivity index is 2.55. The molecule has 0 aromatic heterocycles. The van der Waals surface area contributed by atoms with Crippen molar-refractivity contribution in [2.24, 2.45) is 0 Å². The van der Waals surface area contributed by atoms with Crippen molar-refractivity contribution in [2.75, 3.05) is 0 Å². The number of rotatable bonds is 0. The van der Waals surface area contributed by atoms with Crippen LogP contribution in [0.2, 0.25) is 0 Å². The quantitative estimate of drug-likeness (QED) is 0.616. The van der Waals surface area contributed by atoms with Gasteiger partial charge in [-0.3, -0.25) is 0 Å². The van der Waals surface area contributed by atoms with Gasteiger partial charge in [-0.25, -0.2) is 0 Å². The fraction of sp³-hybridized carbons (Fsp3) is 0.571. The van der Waals surface area contributed by atoms with Gasteiger partial charge in [-0.2, -0.15) is 0 Å². The normalized spacial score (nSPS) is 22.0. The van der Waals surface area contributed by atoms with Gasteiger partial charge in [-0.1, -0.05) is 31.9 Å². The molecule has 0 saturated carbocycles. The zero-order valence-electron chi connectivity index (χ0n) is 5.16. The van der Waals surface area contributed by atoms with Gasteiger partial charge in [-0.05, 0) is 32.1 Å². The molecular formula is C7H9Br2. The van der Waals surface area contributed by atoms with Crippen molar-refractivity contribution in [1.82, 2.24) is 0 Å². The molecule has 51 valence electrons. The molecule has 0 heterocycles. The van der Waals surface area contributed by atoms with Crippen LogP contribution in [-0.2, 0) is 0 Å². The second-order valence-electron chi connectivity index (χ2n) is 2.18. The zero-order chi connectivity index (χ0) is 6.69. The van der Waals surface area contributed by atoms with Gasteiger partial charge in [0.15, 0.2) is 0 Å². The number of allylic oxidation sites excluding steroid dienone is 2. The average molecular weight is 253 g/mol. The highest BCUT2D eigenvalue weighted by Crippen LogP contribution is 2.30. The van der Waals surface area contributed by atoms with Gasteiger partial charge >= 0.3 is 0 Å². The molecule has 0 spiro atoms. The Labute approximate surface area is 73.0 Å². The van der Waals surface area contributed by atoms with Crippen molar-refractivity contribution in [3.63, 3.8) is 0 Å². The molecule has 1 radical (unpaired) electrons. The maximum absolute atomic E-state index is 3.52. The van der Waals surface area contributed by atoms with Crippen molar-refractivity contribution < 1.29 is 0 Å². The van der Waals surface area contributed by atoms with E-state index in [9.17, 15) is 0 Å². The van der Waals surface area contributed by atoms with Crippen molar-refractivity contribution >= 4 is 31.9 Å². The molecule has 9 heavy (non-hydrogen) atoms. The SMILES string of the molecule is BrC1=C(Br)CC[CH]CC1. The summed E-state index contributed by atoms with van der Waals surface area (Å²) in [7, 11) is 0. The van der Waals surface area contributed by atoms with E-state index in [1.807, 2.05) is 0 Å². The van der Waals surface area contributed by atoms with Crippen LogP contribution in [0, 0.1) is 6.42 Å². The standard InChI is InChI=1S/C7H9Br2/c8-6-4-2-1-3-5-7(6)9/h1H,2-5H2. The molecule has 0 aromatic rings. The molecule has 0 amide bonds. The first kappa shape index (κ1) is 7.80. The minimum Gasteiger partial charge on any atom is -0.0548 e. The molecule has 1 rings (SSSR count). The smallest absolute Gasteiger partial charge is 0.00519 e. The molecule has 1 aliphatic rings. The van der Waals surface area contributed by atoms with Crippen molar-refractivity contribution in [3.8, 4) is 0 Å². The Morgan fingerprint density at radius 1 is 1.00 bits per heavy atom. The Morgan fingerprint density at radius 2 is 1.44 bits per heavy atom. The predicted molar refractivity (Wildman–Crippen MR) is 47.6 cm³/mol. The number of hydrogen-bond acceptors (Lipinski definition) is 0. The van der Waals surface area contributed by atoms with E-state index in [-0.39, 0.29) is 0 Å². The van der Waals surface area contributed by atoms with Crippen molar-refractivity contribution in [2.45, 2.75) is 25.7 Å². The highest BCUT2D eigenvalue weighted by molar-refractivity contribution is 9.14. The summed E-state index contributed by atoms with van der Waals surface area (Å²) in [5, 5.41) is 0. The van der Waals surface area contributed by atoms with Gasteiger partial charge in [0, 0.05) is 8.96 Å². The minimum atomic E-state index is 1.17. The molecule has 0 nitrogen and oxygen atoms in total. The van der Waals surface area contributed by atoms with Crippen LogP contribution in [0.1, 0.15) is 25.7 Å². The van der Waals surface area contributed by atoms with E-state index >= 15 is 0 Å². The van der Waals surface area contributed by atoms with Gasteiger partial charge in [0.2, 0.25) is 0 Å². The van der Waals surface area contributed by atoms with Gasteiger partial charge in [0.05, 0.1) is 0 Å². The van der Waals surface area contributed by atoms with E-state index in [0.717, 1.165) is 0 Å². The lowest BCUT2D eigenvalue weighted by Gasteiger charge is -1.94. The zero-order valence-corrected chi connectivity index (χ0v) is 8.33. The lowest BCUT2D eigenvalue weighted by Crippen LogP contribution is -1.71. The van der Waals surface area contributed by atoms with Crippen molar-refractivity contribution in [1.29, 1.82) is 0 Å². The first-order valence-corrected chi connectivity index (χ1v) is 4.74. The van der Waals surface area contributed by atoms with Crippen LogP contribution in [0.4, 0.5) is 0 Å². The maximum atomic E-state index is 3.52. The topological polar surface area (TPSA) is 0 Å². The van der Waals surface area contributed by atoms with E-state index < -0.39 is 0 Å². The van der Waals surface area contributed by atoms with Crippen LogP contribution in [0.25, 0.3) is 0 Å². The van der Waals surface area contributed by atoms with Gasteiger partial charge in [-0.15, -0.1) is 0 Å². The molecule has 0 atom stereocenters. The van der Waals surface area contributed by atoms with Crippen LogP contribution in [0.15, 0.2) is 8.96 Å². The molecule has 0 N–H and O–H groups in total. The Morgan fingerprint density at radius 3 is 1.89 bits per heavy atom. The monoisotopic (exact) mass is 251 g/mol. The highest BCUT2D eigenvalue weighted by Gasteiger charge is 2.05. The Bertz CT molecular complexity index is 113. The fourth-order valence-electron chi connectivity index (χ4n) is 0.873.